The molecule has 0 atom stereocenters. The second-order valence-electron chi connectivity index (χ2n) is 3.87. The first-order chi connectivity index (χ1) is 7.45. The van der Waals surface area contributed by atoms with Gasteiger partial charge in [-0.3, -0.25) is 4.79 Å². The SMILES string of the molecule is COc1cc(C)cc(C)c1CN(C)C(=O)Cl. The zero-order valence-corrected chi connectivity index (χ0v) is 10.8. The summed E-state index contributed by atoms with van der Waals surface area (Å²) in [6.07, 6.45) is 0. The van der Waals surface area contributed by atoms with Crippen molar-refractivity contribution >= 4 is 17.0 Å². The van der Waals surface area contributed by atoms with Crippen molar-refractivity contribution in [2.24, 2.45) is 0 Å². The average molecular weight is 242 g/mol. The van der Waals surface area contributed by atoms with Crippen molar-refractivity contribution in [3.05, 3.63) is 28.8 Å². The van der Waals surface area contributed by atoms with E-state index in [4.69, 9.17) is 16.3 Å². The zero-order chi connectivity index (χ0) is 12.3. The Bertz CT molecular complexity index is 404. The molecule has 0 saturated heterocycles. The van der Waals surface area contributed by atoms with Gasteiger partial charge in [0.15, 0.2) is 0 Å². The second kappa shape index (κ2) is 5.21. The summed E-state index contributed by atoms with van der Waals surface area (Å²) in [5.41, 5.74) is 3.23. The molecule has 1 aromatic rings. The van der Waals surface area contributed by atoms with E-state index < -0.39 is 5.37 Å². The van der Waals surface area contributed by atoms with E-state index in [0.29, 0.717) is 6.54 Å². The third-order valence-corrected chi connectivity index (χ3v) is 2.78. The number of benzene rings is 1. The van der Waals surface area contributed by atoms with Crippen LogP contribution in [-0.4, -0.2) is 24.4 Å². The Hall–Kier alpha value is -1.22. The fourth-order valence-corrected chi connectivity index (χ4v) is 1.70. The maximum Gasteiger partial charge on any atom is 0.316 e. The molecule has 0 N–H and O–H groups in total. The highest BCUT2D eigenvalue weighted by Crippen LogP contribution is 2.25. The normalized spacial score (nSPS) is 10.1. The molecule has 0 aromatic heterocycles. The lowest BCUT2D eigenvalue weighted by molar-refractivity contribution is 0.230. The lowest BCUT2D eigenvalue weighted by atomic mass is 10.0. The third kappa shape index (κ3) is 2.89. The summed E-state index contributed by atoms with van der Waals surface area (Å²) in [7, 11) is 3.29. The largest absolute Gasteiger partial charge is 0.496 e. The predicted molar refractivity (Wildman–Crippen MR) is 65.2 cm³/mol. The Morgan fingerprint density at radius 2 is 2.06 bits per heavy atom. The summed E-state index contributed by atoms with van der Waals surface area (Å²) in [4.78, 5) is 12.4. The van der Waals surface area contributed by atoms with Gasteiger partial charge in [-0.05, 0) is 42.6 Å². The quantitative estimate of drug-likeness (QED) is 0.601. The summed E-state index contributed by atoms with van der Waals surface area (Å²) < 4.78 is 5.31. The number of amides is 1. The van der Waals surface area contributed by atoms with Gasteiger partial charge in [-0.15, -0.1) is 0 Å². The summed E-state index contributed by atoms with van der Waals surface area (Å²) in [5, 5.41) is -0.470. The number of carbonyl (C=O) groups is 1. The topological polar surface area (TPSA) is 29.5 Å². The number of nitrogens with zero attached hydrogens (tertiary/aromatic N) is 1. The first-order valence-corrected chi connectivity index (χ1v) is 5.38. The lowest BCUT2D eigenvalue weighted by Gasteiger charge is -2.18. The van der Waals surface area contributed by atoms with E-state index >= 15 is 0 Å². The fourth-order valence-electron chi connectivity index (χ4n) is 1.64. The number of carbonyl (C=O) groups excluding carboxylic acids is 1. The van der Waals surface area contributed by atoms with Crippen LogP contribution in [0.3, 0.4) is 0 Å². The molecule has 0 bridgehead atoms. The molecule has 0 spiro atoms. The van der Waals surface area contributed by atoms with Crippen molar-refractivity contribution in [3.8, 4) is 5.75 Å². The summed E-state index contributed by atoms with van der Waals surface area (Å²) in [6.45, 7) is 4.46. The molecular weight excluding hydrogens is 226 g/mol. The number of ether oxygens (including phenoxy) is 1. The number of aryl methyl sites for hydroxylation is 2. The Morgan fingerprint density at radius 1 is 1.44 bits per heavy atom. The van der Waals surface area contributed by atoms with E-state index in [1.807, 2.05) is 19.9 Å². The van der Waals surface area contributed by atoms with E-state index in [1.54, 1.807) is 14.2 Å². The molecule has 0 aliphatic heterocycles. The zero-order valence-electron chi connectivity index (χ0n) is 10.0. The van der Waals surface area contributed by atoms with Crippen LogP contribution in [0, 0.1) is 13.8 Å². The smallest absolute Gasteiger partial charge is 0.316 e. The first-order valence-electron chi connectivity index (χ1n) is 5.00. The van der Waals surface area contributed by atoms with E-state index in [0.717, 1.165) is 22.4 Å². The van der Waals surface area contributed by atoms with Gasteiger partial charge in [-0.25, -0.2) is 0 Å². The Morgan fingerprint density at radius 3 is 2.56 bits per heavy atom. The van der Waals surface area contributed by atoms with Gasteiger partial charge < -0.3 is 9.64 Å². The van der Waals surface area contributed by atoms with Gasteiger partial charge in [-0.2, -0.15) is 0 Å². The minimum atomic E-state index is -0.470. The molecule has 0 fully saturated rings. The van der Waals surface area contributed by atoms with Crippen LogP contribution in [0.4, 0.5) is 4.79 Å². The molecule has 16 heavy (non-hydrogen) atoms. The monoisotopic (exact) mass is 241 g/mol. The first kappa shape index (κ1) is 12.8. The van der Waals surface area contributed by atoms with Gasteiger partial charge in [0.1, 0.15) is 5.75 Å². The highest BCUT2D eigenvalue weighted by molar-refractivity contribution is 6.62. The molecule has 1 amide bonds. The summed E-state index contributed by atoms with van der Waals surface area (Å²) in [5.74, 6) is 0.794. The molecule has 0 unspecified atom stereocenters. The maximum absolute atomic E-state index is 11.0. The van der Waals surface area contributed by atoms with Crippen LogP contribution in [0.25, 0.3) is 0 Å². The molecule has 3 nitrogen and oxygen atoms in total. The molecule has 88 valence electrons. The Labute approximate surface area is 101 Å². The Balaban J connectivity index is 3.07. The predicted octanol–water partition coefficient (Wildman–Crippen LogP) is 3.10. The van der Waals surface area contributed by atoms with Crippen LogP contribution < -0.4 is 4.74 Å². The van der Waals surface area contributed by atoms with Crippen molar-refractivity contribution in [2.75, 3.05) is 14.2 Å². The molecule has 1 aromatic carbocycles. The van der Waals surface area contributed by atoms with Crippen LogP contribution in [-0.2, 0) is 6.54 Å². The number of halogens is 1. The number of hydrogen-bond donors (Lipinski definition) is 0. The van der Waals surface area contributed by atoms with Crippen LogP contribution >= 0.6 is 11.6 Å². The number of hydrogen-bond acceptors (Lipinski definition) is 2. The minimum Gasteiger partial charge on any atom is -0.496 e. The summed E-state index contributed by atoms with van der Waals surface area (Å²) >= 11 is 5.40. The molecular formula is C12H16ClNO2. The number of methoxy groups -OCH3 is 1. The van der Waals surface area contributed by atoms with Crippen LogP contribution in [0.5, 0.6) is 5.75 Å². The van der Waals surface area contributed by atoms with E-state index in [2.05, 4.69) is 6.07 Å². The third-order valence-electron chi connectivity index (χ3n) is 2.49. The van der Waals surface area contributed by atoms with Crippen LogP contribution in [0.2, 0.25) is 0 Å². The molecule has 0 aliphatic carbocycles. The molecule has 0 heterocycles. The van der Waals surface area contributed by atoms with Crippen molar-refractivity contribution in [1.29, 1.82) is 0 Å². The van der Waals surface area contributed by atoms with E-state index in [1.165, 1.54) is 4.90 Å². The standard InChI is InChI=1S/C12H16ClNO2/c1-8-5-9(2)10(11(6-8)16-4)7-14(3)12(13)15/h5-6H,7H2,1-4H3. The van der Waals surface area contributed by atoms with Gasteiger partial charge >= 0.3 is 5.37 Å². The van der Waals surface area contributed by atoms with Crippen LogP contribution in [0.15, 0.2) is 12.1 Å². The highest BCUT2D eigenvalue weighted by Gasteiger charge is 2.12. The molecule has 1 rings (SSSR count). The van der Waals surface area contributed by atoms with Gasteiger partial charge in [0.2, 0.25) is 0 Å². The second-order valence-corrected chi connectivity index (χ2v) is 4.19. The maximum atomic E-state index is 11.0. The van der Waals surface area contributed by atoms with E-state index in [-0.39, 0.29) is 0 Å². The average Bonchev–Trinajstić information content (AvgIpc) is 2.21. The van der Waals surface area contributed by atoms with Crippen molar-refractivity contribution in [2.45, 2.75) is 20.4 Å². The van der Waals surface area contributed by atoms with Crippen molar-refractivity contribution < 1.29 is 9.53 Å². The Kier molecular flexibility index (Phi) is 4.19. The molecule has 0 radical (unpaired) electrons. The molecule has 4 heteroatoms. The summed E-state index contributed by atoms with van der Waals surface area (Å²) in [6, 6.07) is 4.01. The molecule has 0 saturated carbocycles. The van der Waals surface area contributed by atoms with Gasteiger partial charge in [0.05, 0.1) is 13.7 Å². The van der Waals surface area contributed by atoms with Crippen LogP contribution in [0.1, 0.15) is 16.7 Å². The lowest BCUT2D eigenvalue weighted by Crippen LogP contribution is -2.21. The van der Waals surface area contributed by atoms with Gasteiger partial charge in [0.25, 0.3) is 0 Å². The number of rotatable bonds is 3. The van der Waals surface area contributed by atoms with Gasteiger partial charge in [0, 0.05) is 12.6 Å². The van der Waals surface area contributed by atoms with Crippen molar-refractivity contribution in [3.63, 3.8) is 0 Å². The highest BCUT2D eigenvalue weighted by atomic mass is 35.5. The van der Waals surface area contributed by atoms with Crippen molar-refractivity contribution in [1.82, 2.24) is 4.90 Å². The van der Waals surface area contributed by atoms with Gasteiger partial charge in [-0.1, -0.05) is 6.07 Å². The molecule has 0 aliphatic rings. The fraction of sp³-hybridized carbons (Fsp3) is 0.417. The minimum absolute atomic E-state index is 0.456. The van der Waals surface area contributed by atoms with E-state index in [9.17, 15) is 4.79 Å².